The normalized spacial score (nSPS) is 11.3. The van der Waals surface area contributed by atoms with Crippen molar-refractivity contribution in [2.75, 3.05) is 4.90 Å². The van der Waals surface area contributed by atoms with Gasteiger partial charge in [-0.2, -0.15) is 0 Å². The van der Waals surface area contributed by atoms with Crippen LogP contribution in [0.1, 0.15) is 0 Å². The molecule has 0 radical (unpaired) electrons. The fraction of sp³-hybridized carbons (Fsp3) is 0. The monoisotopic (exact) mass is 702 g/mol. The number of hydrogen-bond acceptors (Lipinski definition) is 4. The summed E-state index contributed by atoms with van der Waals surface area (Å²) >= 11 is 0. The van der Waals surface area contributed by atoms with Gasteiger partial charge in [-0.05, 0) is 53.2 Å². The average molecular weight is 703 g/mol. The van der Waals surface area contributed by atoms with Crippen LogP contribution in [0.25, 0.3) is 77.6 Å². The third-order valence-corrected chi connectivity index (χ3v) is 10.2. The second-order valence-electron chi connectivity index (χ2n) is 13.6. The minimum atomic E-state index is 0.656. The van der Waals surface area contributed by atoms with E-state index in [0.29, 0.717) is 5.82 Å². The maximum absolute atomic E-state index is 5.58. The maximum atomic E-state index is 5.58. The summed E-state index contributed by atoms with van der Waals surface area (Å²) in [7, 11) is 0. The topological polar surface area (TPSA) is 41.9 Å². The standard InChI is InChI=1S/C51H34N4/c1-6-18-35(19-7-1)44-34-45(36-20-8-2-9-21-36)54-51(53-44)39-30-31-43-46(32-39)52-50(37-22-10-3-11-23-37)49-47(33-38-24-16-17-29-42(38)48(43)49)55(40-25-12-4-13-26-40)41-27-14-5-15-28-41/h1-34H. The summed E-state index contributed by atoms with van der Waals surface area (Å²) in [6.45, 7) is 0. The van der Waals surface area contributed by atoms with Crippen LogP contribution in [0.5, 0.6) is 0 Å². The van der Waals surface area contributed by atoms with Crippen molar-refractivity contribution >= 4 is 49.5 Å². The molecule has 0 aliphatic heterocycles. The molecule has 0 amide bonds. The van der Waals surface area contributed by atoms with E-state index in [1.54, 1.807) is 0 Å². The largest absolute Gasteiger partial charge is 0.310 e. The Balaban J connectivity index is 1.28. The number of aromatic nitrogens is 3. The molecule has 0 spiro atoms. The van der Waals surface area contributed by atoms with Gasteiger partial charge in [-0.15, -0.1) is 0 Å². The van der Waals surface area contributed by atoms with Gasteiger partial charge in [0.05, 0.1) is 28.3 Å². The van der Waals surface area contributed by atoms with Crippen molar-refractivity contribution in [1.29, 1.82) is 0 Å². The van der Waals surface area contributed by atoms with Gasteiger partial charge in [0, 0.05) is 49.8 Å². The Labute approximate surface area is 319 Å². The van der Waals surface area contributed by atoms with Gasteiger partial charge in [-0.25, -0.2) is 15.0 Å². The number of nitrogens with zero attached hydrogens (tertiary/aromatic N) is 4. The quantitative estimate of drug-likeness (QED) is 0.155. The fourth-order valence-electron chi connectivity index (χ4n) is 7.66. The maximum Gasteiger partial charge on any atom is 0.160 e. The number of para-hydroxylation sites is 2. The van der Waals surface area contributed by atoms with Crippen LogP contribution in [0, 0.1) is 0 Å². The van der Waals surface area contributed by atoms with Gasteiger partial charge >= 0.3 is 0 Å². The van der Waals surface area contributed by atoms with Crippen molar-refractivity contribution in [2.24, 2.45) is 0 Å². The lowest BCUT2D eigenvalue weighted by molar-refractivity contribution is 1.18. The summed E-state index contributed by atoms with van der Waals surface area (Å²) in [6.07, 6.45) is 0. The molecular formula is C51H34N4. The summed E-state index contributed by atoms with van der Waals surface area (Å²) in [5.41, 5.74) is 10.8. The number of hydrogen-bond donors (Lipinski definition) is 0. The third-order valence-electron chi connectivity index (χ3n) is 10.2. The van der Waals surface area contributed by atoms with E-state index in [9.17, 15) is 0 Å². The Morgan fingerprint density at radius 2 is 0.855 bits per heavy atom. The molecule has 2 aromatic heterocycles. The average Bonchev–Trinajstić information content (AvgIpc) is 3.27. The molecule has 0 unspecified atom stereocenters. The molecule has 0 saturated heterocycles. The van der Waals surface area contributed by atoms with Gasteiger partial charge in [-0.1, -0.05) is 164 Å². The predicted molar refractivity (Wildman–Crippen MR) is 229 cm³/mol. The molecule has 8 aromatic carbocycles. The zero-order valence-electron chi connectivity index (χ0n) is 29.9. The Morgan fingerprint density at radius 1 is 0.345 bits per heavy atom. The molecule has 4 heteroatoms. The van der Waals surface area contributed by atoms with Crippen molar-refractivity contribution in [3.05, 3.63) is 206 Å². The highest BCUT2D eigenvalue weighted by atomic mass is 15.1. The molecule has 0 bridgehead atoms. The fourth-order valence-corrected chi connectivity index (χ4v) is 7.66. The van der Waals surface area contributed by atoms with Crippen LogP contribution in [-0.2, 0) is 0 Å². The van der Waals surface area contributed by atoms with Crippen molar-refractivity contribution in [3.8, 4) is 45.2 Å². The number of anilines is 3. The first kappa shape index (κ1) is 32.2. The van der Waals surface area contributed by atoms with Crippen molar-refractivity contribution in [2.45, 2.75) is 0 Å². The molecule has 0 saturated carbocycles. The number of fused-ring (bicyclic) bond motifs is 5. The van der Waals surface area contributed by atoms with Crippen LogP contribution >= 0.6 is 0 Å². The summed E-state index contributed by atoms with van der Waals surface area (Å²) < 4.78 is 0. The Hall–Kier alpha value is -7.43. The number of pyridine rings is 1. The molecule has 0 aliphatic rings. The SMILES string of the molecule is c1ccc(-c2cc(-c3ccccc3)nc(-c3ccc4c(c3)nc(-c3ccccc3)c3c(N(c5ccccc5)c5ccccc5)cc5ccccc5c34)n2)cc1. The summed E-state index contributed by atoms with van der Waals surface area (Å²) in [5.74, 6) is 0.656. The zero-order valence-corrected chi connectivity index (χ0v) is 29.9. The van der Waals surface area contributed by atoms with E-state index in [1.807, 2.05) is 36.4 Å². The van der Waals surface area contributed by atoms with E-state index < -0.39 is 0 Å². The van der Waals surface area contributed by atoms with Gasteiger partial charge < -0.3 is 4.90 Å². The lowest BCUT2D eigenvalue weighted by atomic mass is 9.92. The lowest BCUT2D eigenvalue weighted by Gasteiger charge is -2.28. The summed E-state index contributed by atoms with van der Waals surface area (Å²) in [4.78, 5) is 18.3. The third kappa shape index (κ3) is 5.96. The molecule has 0 fully saturated rings. The van der Waals surface area contributed by atoms with Gasteiger partial charge in [0.1, 0.15) is 0 Å². The van der Waals surface area contributed by atoms with Gasteiger partial charge in [0.2, 0.25) is 0 Å². The highest BCUT2D eigenvalue weighted by Gasteiger charge is 2.23. The second kappa shape index (κ2) is 13.8. The first-order chi connectivity index (χ1) is 27.3. The van der Waals surface area contributed by atoms with E-state index >= 15 is 0 Å². The van der Waals surface area contributed by atoms with Gasteiger partial charge in [-0.3, -0.25) is 0 Å². The van der Waals surface area contributed by atoms with Crippen LogP contribution in [0.15, 0.2) is 206 Å². The molecule has 0 N–H and O–H groups in total. The smallest absolute Gasteiger partial charge is 0.160 e. The van der Waals surface area contributed by atoms with Crippen molar-refractivity contribution < 1.29 is 0 Å². The van der Waals surface area contributed by atoms with Crippen LogP contribution in [0.3, 0.4) is 0 Å². The van der Waals surface area contributed by atoms with Crippen molar-refractivity contribution in [3.63, 3.8) is 0 Å². The van der Waals surface area contributed by atoms with Crippen LogP contribution in [0.4, 0.5) is 17.1 Å². The molecular weight excluding hydrogens is 669 g/mol. The molecule has 0 aliphatic carbocycles. The van der Waals surface area contributed by atoms with Crippen LogP contribution < -0.4 is 4.90 Å². The predicted octanol–water partition coefficient (Wildman–Crippen LogP) is 13.5. The van der Waals surface area contributed by atoms with Crippen LogP contribution in [-0.4, -0.2) is 15.0 Å². The van der Waals surface area contributed by atoms with Crippen molar-refractivity contribution in [1.82, 2.24) is 15.0 Å². The summed E-state index contributed by atoms with van der Waals surface area (Å²) in [6, 6.07) is 72.0. The Morgan fingerprint density at radius 3 is 1.44 bits per heavy atom. The van der Waals surface area contributed by atoms with Gasteiger partial charge in [0.15, 0.2) is 5.82 Å². The highest BCUT2D eigenvalue weighted by molar-refractivity contribution is 6.27. The Kier molecular flexibility index (Phi) is 8.12. The van der Waals surface area contributed by atoms with E-state index in [4.69, 9.17) is 15.0 Å². The second-order valence-corrected chi connectivity index (χ2v) is 13.6. The summed E-state index contributed by atoms with van der Waals surface area (Å²) in [5, 5.41) is 5.65. The first-order valence-corrected chi connectivity index (χ1v) is 18.5. The van der Waals surface area contributed by atoms with Crippen LogP contribution in [0.2, 0.25) is 0 Å². The lowest BCUT2D eigenvalue weighted by Crippen LogP contribution is -2.11. The molecule has 2 heterocycles. The minimum Gasteiger partial charge on any atom is -0.310 e. The highest BCUT2D eigenvalue weighted by Crippen LogP contribution is 2.47. The molecule has 4 nitrogen and oxygen atoms in total. The zero-order chi connectivity index (χ0) is 36.6. The van der Waals surface area contributed by atoms with E-state index in [2.05, 4.69) is 175 Å². The first-order valence-electron chi connectivity index (χ1n) is 18.5. The Bertz CT molecular complexity index is 2850. The van der Waals surface area contributed by atoms with Gasteiger partial charge in [0.25, 0.3) is 0 Å². The van der Waals surface area contributed by atoms with E-state index in [0.717, 1.165) is 83.5 Å². The molecule has 0 atom stereocenters. The number of rotatable bonds is 7. The van der Waals surface area contributed by atoms with E-state index in [1.165, 1.54) is 5.39 Å². The molecule has 55 heavy (non-hydrogen) atoms. The van der Waals surface area contributed by atoms with E-state index in [-0.39, 0.29) is 0 Å². The molecule has 10 rings (SSSR count). The molecule has 10 aromatic rings. The minimum absolute atomic E-state index is 0.656. The number of benzene rings is 8. The molecule has 258 valence electrons.